The summed E-state index contributed by atoms with van der Waals surface area (Å²) in [5, 5.41) is 47.4. The van der Waals surface area contributed by atoms with Crippen molar-refractivity contribution in [1.82, 2.24) is 0 Å². The number of aromatic hydroxyl groups is 3. The summed E-state index contributed by atoms with van der Waals surface area (Å²) >= 11 is 0. The van der Waals surface area contributed by atoms with Gasteiger partial charge in [0.2, 0.25) is 0 Å². The van der Waals surface area contributed by atoms with Crippen molar-refractivity contribution in [2.75, 3.05) is 0 Å². The largest absolute Gasteiger partial charge is 0.508 e. The van der Waals surface area contributed by atoms with Gasteiger partial charge in [0, 0.05) is 40.0 Å². The summed E-state index contributed by atoms with van der Waals surface area (Å²) < 4.78 is 13.3. The van der Waals surface area contributed by atoms with Crippen LogP contribution in [0.25, 0.3) is 43.4 Å². The Kier molecular flexibility index (Phi) is 7.39. The molecular weight excluding hydrogens is 745 g/mol. The number of ether oxygens (including phenoxy) is 2. The molecule has 0 aromatic heterocycles. The van der Waals surface area contributed by atoms with E-state index in [0.717, 1.165) is 112 Å². The molecule has 4 N–H and O–H groups in total. The second-order valence-electron chi connectivity index (χ2n) is 16.2. The molecule has 288 valence electrons. The van der Waals surface area contributed by atoms with Crippen LogP contribution >= 0.6 is 0 Å². The van der Waals surface area contributed by atoms with Gasteiger partial charge in [0.1, 0.15) is 46.0 Å². The lowest BCUT2D eigenvalue weighted by Crippen LogP contribution is -2.24. The fourth-order valence-electron chi connectivity index (χ4n) is 10.1. The van der Waals surface area contributed by atoms with E-state index >= 15 is 0 Å². The van der Waals surface area contributed by atoms with Crippen LogP contribution in [0.4, 0.5) is 0 Å². The number of aliphatic hydroxyl groups excluding tert-OH is 1. The van der Waals surface area contributed by atoms with Crippen molar-refractivity contribution < 1.29 is 29.9 Å². The monoisotopic (exact) mass is 780 g/mol. The lowest BCUT2D eigenvalue weighted by Gasteiger charge is -2.37. The Bertz CT molecular complexity index is 3190. The number of fused-ring (bicyclic) bond motifs is 11. The standard InChI is InChI=1S/C54H36O6/c55-37-13-17-41-33(25-37)9-21-45-51(41)49(52-42-18-14-38(56)26-34(42)10-22-46(52)59-45)31-5-1-29(2-6-31)30-3-7-32(8-4-30)50-53-43-19-15-39(57)27-35(43)11-23-47(53)60-48-24-12-36-28-40(58)16-20-44(36)54(48)50/h1-11,13-28,36,49-50,55-58H,12H2. The molecule has 0 bridgehead atoms. The van der Waals surface area contributed by atoms with Gasteiger partial charge < -0.3 is 29.9 Å². The van der Waals surface area contributed by atoms with Crippen molar-refractivity contribution in [3.05, 3.63) is 214 Å². The van der Waals surface area contributed by atoms with Gasteiger partial charge in [-0.05, 0) is 139 Å². The molecule has 2 aliphatic heterocycles. The zero-order valence-corrected chi connectivity index (χ0v) is 32.1. The Morgan fingerprint density at radius 1 is 0.450 bits per heavy atom. The molecular formula is C54H36O6. The van der Waals surface area contributed by atoms with Crippen molar-refractivity contribution in [2.45, 2.75) is 18.3 Å². The summed E-state index contributed by atoms with van der Waals surface area (Å²) in [6, 6.07) is 46.0. The molecule has 12 rings (SSSR count). The van der Waals surface area contributed by atoms with Crippen molar-refractivity contribution in [3.8, 4) is 45.6 Å². The predicted molar refractivity (Wildman–Crippen MR) is 235 cm³/mol. The molecule has 2 unspecified atom stereocenters. The Morgan fingerprint density at radius 3 is 1.43 bits per heavy atom. The van der Waals surface area contributed by atoms with Crippen LogP contribution in [0, 0.1) is 5.92 Å². The smallest absolute Gasteiger partial charge is 0.132 e. The van der Waals surface area contributed by atoms with Crippen molar-refractivity contribution >= 4 is 32.3 Å². The van der Waals surface area contributed by atoms with Gasteiger partial charge in [-0.3, -0.25) is 0 Å². The van der Waals surface area contributed by atoms with Gasteiger partial charge in [-0.15, -0.1) is 0 Å². The number of allylic oxidation sites excluding steroid dienone is 6. The molecule has 0 saturated carbocycles. The van der Waals surface area contributed by atoms with Gasteiger partial charge in [0.15, 0.2) is 0 Å². The molecule has 8 aromatic rings. The van der Waals surface area contributed by atoms with E-state index in [9.17, 15) is 20.4 Å². The third-order valence-electron chi connectivity index (χ3n) is 12.8. The maximum Gasteiger partial charge on any atom is 0.132 e. The third-order valence-corrected chi connectivity index (χ3v) is 12.8. The van der Waals surface area contributed by atoms with E-state index in [1.54, 1.807) is 42.5 Å². The molecule has 0 fully saturated rings. The van der Waals surface area contributed by atoms with Gasteiger partial charge in [-0.25, -0.2) is 0 Å². The minimum absolute atomic E-state index is 0.0446. The molecule has 2 heterocycles. The van der Waals surface area contributed by atoms with E-state index < -0.39 is 0 Å². The van der Waals surface area contributed by atoms with Crippen LogP contribution in [-0.2, 0) is 0 Å². The summed E-state index contributed by atoms with van der Waals surface area (Å²) in [7, 11) is 0. The average molecular weight is 781 g/mol. The van der Waals surface area contributed by atoms with Crippen LogP contribution < -0.4 is 9.47 Å². The summed E-state index contributed by atoms with van der Waals surface area (Å²) in [6.45, 7) is 0. The average Bonchev–Trinajstić information content (AvgIpc) is 3.27. The highest BCUT2D eigenvalue weighted by Crippen LogP contribution is 2.55. The molecule has 0 amide bonds. The SMILES string of the molecule is OC1=CC2CC=C3Oc4ccc5cc(O)ccc5c4C(c4ccc(-c5ccc(C6c7c(ccc8cc(O)ccc78)Oc7ccc8cc(O)ccc8c76)cc5)cc4)C3=C2C=C1. The van der Waals surface area contributed by atoms with Gasteiger partial charge >= 0.3 is 0 Å². The number of aliphatic hydroxyl groups is 1. The van der Waals surface area contributed by atoms with E-state index in [4.69, 9.17) is 9.47 Å². The molecule has 0 radical (unpaired) electrons. The highest BCUT2D eigenvalue weighted by Gasteiger charge is 2.38. The quantitative estimate of drug-likeness (QED) is 0.142. The first-order valence-electron chi connectivity index (χ1n) is 20.2. The fraction of sp³-hybridized carbons (Fsp3) is 0.0741. The summed E-state index contributed by atoms with van der Waals surface area (Å²) in [5.41, 5.74) is 9.73. The maximum absolute atomic E-state index is 10.4. The first kappa shape index (κ1) is 34.4. The van der Waals surface area contributed by atoms with Crippen LogP contribution in [-0.4, -0.2) is 20.4 Å². The number of phenols is 3. The van der Waals surface area contributed by atoms with E-state index in [2.05, 4.69) is 54.6 Å². The molecule has 0 spiro atoms. The van der Waals surface area contributed by atoms with Gasteiger partial charge in [-0.1, -0.05) is 91.0 Å². The zero-order chi connectivity index (χ0) is 40.2. The molecule has 60 heavy (non-hydrogen) atoms. The zero-order valence-electron chi connectivity index (χ0n) is 32.1. The predicted octanol–water partition coefficient (Wildman–Crippen LogP) is 13.0. The van der Waals surface area contributed by atoms with E-state index in [1.165, 1.54) is 0 Å². The summed E-state index contributed by atoms with van der Waals surface area (Å²) in [5.74, 6) is 3.82. The second kappa shape index (κ2) is 12.9. The Balaban J connectivity index is 0.972. The number of benzene rings is 8. The third kappa shape index (κ3) is 5.27. The first-order chi connectivity index (χ1) is 29.3. The molecule has 2 aliphatic carbocycles. The molecule has 8 aromatic carbocycles. The molecule has 6 heteroatoms. The normalized spacial score (nSPS) is 17.8. The minimum atomic E-state index is -0.186. The van der Waals surface area contributed by atoms with E-state index in [0.29, 0.717) is 0 Å². The Hall–Kier alpha value is -7.70. The van der Waals surface area contributed by atoms with Crippen LogP contribution in [0.2, 0.25) is 0 Å². The van der Waals surface area contributed by atoms with Gasteiger partial charge in [0.05, 0.1) is 0 Å². The summed E-state index contributed by atoms with van der Waals surface area (Å²) in [4.78, 5) is 0. The lowest BCUT2D eigenvalue weighted by atomic mass is 9.72. The number of hydrogen-bond donors (Lipinski definition) is 4. The summed E-state index contributed by atoms with van der Waals surface area (Å²) in [6.07, 6.45) is 8.61. The van der Waals surface area contributed by atoms with Crippen molar-refractivity contribution in [3.63, 3.8) is 0 Å². The van der Waals surface area contributed by atoms with E-state index in [1.807, 2.05) is 66.7 Å². The number of rotatable bonds is 3. The molecule has 4 aliphatic rings. The second-order valence-corrected chi connectivity index (χ2v) is 16.2. The number of hydrogen-bond acceptors (Lipinski definition) is 6. The Morgan fingerprint density at radius 2 is 0.917 bits per heavy atom. The van der Waals surface area contributed by atoms with Gasteiger partial charge in [0.25, 0.3) is 0 Å². The maximum atomic E-state index is 10.4. The lowest BCUT2D eigenvalue weighted by molar-refractivity contribution is 0.392. The van der Waals surface area contributed by atoms with E-state index in [-0.39, 0.29) is 40.8 Å². The van der Waals surface area contributed by atoms with Crippen molar-refractivity contribution in [1.29, 1.82) is 0 Å². The highest BCUT2D eigenvalue weighted by atomic mass is 16.5. The Labute approximate surface area is 345 Å². The van der Waals surface area contributed by atoms with Crippen molar-refractivity contribution in [2.24, 2.45) is 5.92 Å². The van der Waals surface area contributed by atoms with Crippen LogP contribution in [0.1, 0.15) is 46.1 Å². The van der Waals surface area contributed by atoms with Crippen LogP contribution in [0.3, 0.4) is 0 Å². The molecule has 0 saturated heterocycles. The minimum Gasteiger partial charge on any atom is -0.508 e. The highest BCUT2D eigenvalue weighted by molar-refractivity contribution is 5.96. The van der Waals surface area contributed by atoms with Crippen LogP contribution in [0.5, 0.6) is 34.5 Å². The fourth-order valence-corrected chi connectivity index (χ4v) is 10.1. The molecule has 2 atom stereocenters. The van der Waals surface area contributed by atoms with Gasteiger partial charge in [-0.2, -0.15) is 0 Å². The first-order valence-corrected chi connectivity index (χ1v) is 20.2. The topological polar surface area (TPSA) is 99.4 Å². The van der Waals surface area contributed by atoms with Crippen LogP contribution in [0.15, 0.2) is 186 Å². The molecule has 6 nitrogen and oxygen atoms in total. The number of phenolic OH excluding ortho intramolecular Hbond substituents is 3.